The first-order chi connectivity index (χ1) is 11.4. The number of halogens is 1. The standard InChI is InChI=1S/C16H13FN4O3/c1-20-14(22)12-11(8-3-5-9(17)6-4-8)10(7-18)13(19)24-15(12)21(2)16(20)23/h3-6,11H,19H2,1-2H3/t11-/m1/s1. The minimum Gasteiger partial charge on any atom is -0.423 e. The lowest BCUT2D eigenvalue weighted by Crippen LogP contribution is -2.42. The number of benzene rings is 1. The Kier molecular flexibility index (Phi) is 3.49. The minimum atomic E-state index is -0.843. The Morgan fingerprint density at radius 3 is 2.42 bits per heavy atom. The van der Waals surface area contributed by atoms with Crippen LogP contribution in [0.25, 0.3) is 0 Å². The van der Waals surface area contributed by atoms with Crippen LogP contribution in [0.15, 0.2) is 45.3 Å². The van der Waals surface area contributed by atoms with Gasteiger partial charge in [-0.25, -0.2) is 9.18 Å². The molecule has 2 heterocycles. The normalized spacial score (nSPS) is 16.3. The van der Waals surface area contributed by atoms with Crippen LogP contribution in [0, 0.1) is 17.1 Å². The molecule has 0 saturated carbocycles. The van der Waals surface area contributed by atoms with E-state index in [4.69, 9.17) is 10.5 Å². The van der Waals surface area contributed by atoms with Gasteiger partial charge in [0.2, 0.25) is 11.8 Å². The summed E-state index contributed by atoms with van der Waals surface area (Å²) in [6.45, 7) is 0. The van der Waals surface area contributed by atoms with Crippen molar-refractivity contribution in [2.24, 2.45) is 19.8 Å². The third-order valence-corrected chi connectivity index (χ3v) is 4.02. The van der Waals surface area contributed by atoms with Crippen LogP contribution in [0.4, 0.5) is 4.39 Å². The van der Waals surface area contributed by atoms with Gasteiger partial charge < -0.3 is 10.5 Å². The highest BCUT2D eigenvalue weighted by atomic mass is 19.1. The molecule has 0 amide bonds. The lowest BCUT2D eigenvalue weighted by molar-refractivity contribution is 0.348. The molecule has 1 aromatic carbocycles. The third kappa shape index (κ3) is 2.10. The molecule has 0 radical (unpaired) electrons. The van der Waals surface area contributed by atoms with E-state index in [0.29, 0.717) is 5.56 Å². The number of hydrogen-bond acceptors (Lipinski definition) is 5. The molecule has 7 nitrogen and oxygen atoms in total. The molecular weight excluding hydrogens is 315 g/mol. The second-order valence-corrected chi connectivity index (χ2v) is 5.40. The van der Waals surface area contributed by atoms with Gasteiger partial charge in [-0.3, -0.25) is 13.9 Å². The van der Waals surface area contributed by atoms with Crippen LogP contribution in [-0.2, 0) is 14.1 Å². The molecule has 0 aliphatic carbocycles. The summed E-state index contributed by atoms with van der Waals surface area (Å²) in [5.74, 6) is -1.50. The van der Waals surface area contributed by atoms with Gasteiger partial charge in [0, 0.05) is 14.1 Å². The summed E-state index contributed by atoms with van der Waals surface area (Å²) in [6.07, 6.45) is 0. The maximum atomic E-state index is 13.2. The number of rotatable bonds is 1. The molecule has 8 heteroatoms. The second kappa shape index (κ2) is 5.38. The number of ether oxygens (including phenoxy) is 1. The van der Waals surface area contributed by atoms with Crippen LogP contribution in [-0.4, -0.2) is 9.13 Å². The number of nitrogens with two attached hydrogens (primary N) is 1. The van der Waals surface area contributed by atoms with Gasteiger partial charge in [-0.2, -0.15) is 5.26 Å². The second-order valence-electron chi connectivity index (χ2n) is 5.40. The number of allylic oxidation sites excluding steroid dienone is 1. The van der Waals surface area contributed by atoms with Crippen molar-refractivity contribution < 1.29 is 9.13 Å². The number of nitrogens with zero attached hydrogens (tertiary/aromatic N) is 3. The number of aromatic nitrogens is 2. The van der Waals surface area contributed by atoms with Crippen molar-refractivity contribution in [3.63, 3.8) is 0 Å². The van der Waals surface area contributed by atoms with Crippen LogP contribution in [0.3, 0.4) is 0 Å². The van der Waals surface area contributed by atoms with Crippen molar-refractivity contribution in [2.75, 3.05) is 0 Å². The molecule has 1 aromatic heterocycles. The smallest absolute Gasteiger partial charge is 0.333 e. The Hall–Kier alpha value is -3.34. The summed E-state index contributed by atoms with van der Waals surface area (Å²) in [7, 11) is 2.77. The van der Waals surface area contributed by atoms with Crippen LogP contribution >= 0.6 is 0 Å². The van der Waals surface area contributed by atoms with E-state index < -0.39 is 23.0 Å². The molecule has 0 bridgehead atoms. The first kappa shape index (κ1) is 15.6. The van der Waals surface area contributed by atoms with Gasteiger partial charge in [0.1, 0.15) is 17.5 Å². The van der Waals surface area contributed by atoms with Crippen molar-refractivity contribution >= 4 is 0 Å². The van der Waals surface area contributed by atoms with Crippen molar-refractivity contribution in [3.8, 4) is 11.9 Å². The van der Waals surface area contributed by atoms with Crippen LogP contribution in [0.2, 0.25) is 0 Å². The lowest BCUT2D eigenvalue weighted by Gasteiger charge is -2.27. The quantitative estimate of drug-likeness (QED) is 0.818. The highest BCUT2D eigenvalue weighted by molar-refractivity contribution is 5.52. The minimum absolute atomic E-state index is 0.0195. The first-order valence-corrected chi connectivity index (χ1v) is 6.99. The molecule has 1 atom stereocenters. The van der Waals surface area contributed by atoms with Crippen LogP contribution in [0.5, 0.6) is 5.88 Å². The zero-order valence-corrected chi connectivity index (χ0v) is 12.9. The summed E-state index contributed by atoms with van der Waals surface area (Å²) in [5.41, 5.74) is 5.27. The summed E-state index contributed by atoms with van der Waals surface area (Å²) in [6, 6.07) is 7.31. The molecule has 0 fully saturated rings. The van der Waals surface area contributed by atoms with Gasteiger partial charge in [0.25, 0.3) is 5.56 Å². The van der Waals surface area contributed by atoms with Crippen molar-refractivity contribution in [1.82, 2.24) is 9.13 Å². The van der Waals surface area contributed by atoms with E-state index in [9.17, 15) is 19.2 Å². The van der Waals surface area contributed by atoms with E-state index in [1.54, 1.807) is 0 Å². The molecule has 2 aromatic rings. The van der Waals surface area contributed by atoms with E-state index in [0.717, 1.165) is 9.13 Å². The van der Waals surface area contributed by atoms with Crippen molar-refractivity contribution in [1.29, 1.82) is 5.26 Å². The van der Waals surface area contributed by atoms with E-state index in [1.165, 1.54) is 38.4 Å². The largest absolute Gasteiger partial charge is 0.423 e. The maximum Gasteiger partial charge on any atom is 0.333 e. The Bertz CT molecular complexity index is 1030. The topological polar surface area (TPSA) is 103 Å². The highest BCUT2D eigenvalue weighted by Gasteiger charge is 2.35. The number of fused-ring (bicyclic) bond motifs is 1. The van der Waals surface area contributed by atoms with Crippen LogP contribution < -0.4 is 21.7 Å². The van der Waals surface area contributed by atoms with Crippen molar-refractivity contribution in [3.05, 3.63) is 73.5 Å². The van der Waals surface area contributed by atoms with Gasteiger partial charge in [-0.15, -0.1) is 0 Å². The number of hydrogen-bond donors (Lipinski definition) is 1. The number of nitriles is 1. The Labute approximate surface area is 135 Å². The molecule has 0 unspecified atom stereocenters. The average Bonchev–Trinajstić information content (AvgIpc) is 2.57. The van der Waals surface area contributed by atoms with Crippen molar-refractivity contribution in [2.45, 2.75) is 5.92 Å². The van der Waals surface area contributed by atoms with Crippen LogP contribution in [0.1, 0.15) is 17.0 Å². The Balaban J connectivity index is 2.41. The zero-order valence-electron chi connectivity index (χ0n) is 12.9. The van der Waals surface area contributed by atoms with Gasteiger partial charge >= 0.3 is 5.69 Å². The average molecular weight is 328 g/mol. The lowest BCUT2D eigenvalue weighted by atomic mass is 9.85. The van der Waals surface area contributed by atoms with E-state index in [2.05, 4.69) is 0 Å². The molecule has 0 spiro atoms. The van der Waals surface area contributed by atoms with E-state index >= 15 is 0 Å². The monoisotopic (exact) mass is 328 g/mol. The Morgan fingerprint density at radius 1 is 1.21 bits per heavy atom. The summed E-state index contributed by atoms with van der Waals surface area (Å²) in [5, 5.41) is 9.44. The molecular formula is C16H13FN4O3. The molecule has 2 N–H and O–H groups in total. The van der Waals surface area contributed by atoms with Gasteiger partial charge in [-0.05, 0) is 17.7 Å². The molecule has 24 heavy (non-hydrogen) atoms. The Morgan fingerprint density at radius 2 is 1.83 bits per heavy atom. The molecule has 1 aliphatic heterocycles. The maximum absolute atomic E-state index is 13.2. The van der Waals surface area contributed by atoms with Gasteiger partial charge in [-0.1, -0.05) is 12.1 Å². The molecule has 122 valence electrons. The van der Waals surface area contributed by atoms with E-state index in [1.807, 2.05) is 6.07 Å². The fourth-order valence-electron chi connectivity index (χ4n) is 2.78. The fraction of sp³-hybridized carbons (Fsp3) is 0.188. The molecule has 3 rings (SSSR count). The summed E-state index contributed by atoms with van der Waals surface area (Å²) in [4.78, 5) is 24.7. The predicted octanol–water partition coefficient (Wildman–Crippen LogP) is 0.441. The summed E-state index contributed by atoms with van der Waals surface area (Å²) < 4.78 is 20.7. The zero-order chi connectivity index (χ0) is 17.6. The van der Waals surface area contributed by atoms with E-state index in [-0.39, 0.29) is 22.9 Å². The first-order valence-electron chi connectivity index (χ1n) is 6.99. The molecule has 0 saturated heterocycles. The molecule has 1 aliphatic rings. The fourth-order valence-corrected chi connectivity index (χ4v) is 2.78. The predicted molar refractivity (Wildman–Crippen MR) is 82.6 cm³/mol. The highest BCUT2D eigenvalue weighted by Crippen LogP contribution is 2.39. The SMILES string of the molecule is Cn1c2c(c(=O)n(C)c1=O)[C@H](c1ccc(F)cc1)C(C#N)=C(N)O2. The summed E-state index contributed by atoms with van der Waals surface area (Å²) >= 11 is 0. The third-order valence-electron chi connectivity index (χ3n) is 4.02. The van der Waals surface area contributed by atoms with Gasteiger partial charge in [0.15, 0.2) is 0 Å². The van der Waals surface area contributed by atoms with Gasteiger partial charge in [0.05, 0.1) is 11.5 Å².